The molecule has 3 nitrogen and oxygen atoms in total. The second-order valence-corrected chi connectivity index (χ2v) is 5.93. The van der Waals surface area contributed by atoms with Crippen molar-refractivity contribution in [1.82, 2.24) is 0 Å². The zero-order valence-electron chi connectivity index (χ0n) is 6.99. The first-order valence-corrected chi connectivity index (χ1v) is 5.69. The lowest BCUT2D eigenvalue weighted by molar-refractivity contribution is -0.111. The monoisotopic (exact) mass is 234 g/mol. The van der Waals surface area contributed by atoms with E-state index < -0.39 is 18.3 Å². The molecule has 0 aliphatic heterocycles. The molecular formula is C6H13Cl2O3P. The molecule has 12 heavy (non-hydrogen) atoms. The van der Waals surface area contributed by atoms with Crippen molar-refractivity contribution < 1.29 is 14.3 Å². The molecule has 0 saturated carbocycles. The van der Waals surface area contributed by atoms with Crippen LogP contribution in [-0.4, -0.2) is 22.0 Å². The van der Waals surface area contributed by atoms with Crippen molar-refractivity contribution in [2.24, 2.45) is 0 Å². The van der Waals surface area contributed by atoms with Crippen LogP contribution in [0.4, 0.5) is 0 Å². The maximum absolute atomic E-state index is 11.2. The van der Waals surface area contributed by atoms with Gasteiger partial charge in [0.05, 0.1) is 0 Å². The molecule has 0 bridgehead atoms. The number of hydrogen-bond donors (Lipinski definition) is 1. The molecule has 0 spiro atoms. The average Bonchev–Trinajstić information content (AvgIpc) is 1.86. The zero-order valence-corrected chi connectivity index (χ0v) is 9.46. The van der Waals surface area contributed by atoms with Crippen LogP contribution < -0.4 is 0 Å². The van der Waals surface area contributed by atoms with Crippen LogP contribution in [0.1, 0.15) is 20.3 Å². The van der Waals surface area contributed by atoms with Crippen LogP contribution >= 0.6 is 31.4 Å². The minimum absolute atomic E-state index is 0. The molecule has 6 heteroatoms. The third-order valence-electron chi connectivity index (χ3n) is 1.60. The van der Waals surface area contributed by atoms with E-state index in [1.807, 2.05) is 0 Å². The average molecular weight is 235 g/mol. The van der Waals surface area contributed by atoms with E-state index in [2.05, 4.69) is 0 Å². The van der Waals surface area contributed by atoms with Crippen LogP contribution in [0.15, 0.2) is 0 Å². The molecule has 0 radical (unpaired) electrons. The molecule has 0 heterocycles. The molecule has 0 aliphatic rings. The number of halogens is 2. The quantitative estimate of drug-likeness (QED) is 0.600. The maximum Gasteiger partial charge on any atom is 0.222 e. The van der Waals surface area contributed by atoms with E-state index in [0.29, 0.717) is 0 Å². The maximum atomic E-state index is 11.2. The number of hydrogen-bond acceptors (Lipinski definition) is 2. The summed E-state index contributed by atoms with van der Waals surface area (Å²) in [5.41, 5.74) is -0.516. The third kappa shape index (κ3) is 5.15. The lowest BCUT2D eigenvalue weighted by Crippen LogP contribution is -2.08. The fourth-order valence-electron chi connectivity index (χ4n) is 0.687. The largest absolute Gasteiger partial charge is 0.344 e. The van der Waals surface area contributed by atoms with Gasteiger partial charge in [-0.15, -0.1) is 12.4 Å². The van der Waals surface area contributed by atoms with E-state index in [1.165, 1.54) is 0 Å². The van der Waals surface area contributed by atoms with Gasteiger partial charge in [0.1, 0.15) is 0 Å². The van der Waals surface area contributed by atoms with E-state index in [1.54, 1.807) is 13.8 Å². The zero-order chi connectivity index (χ0) is 9.07. The second-order valence-electron chi connectivity index (χ2n) is 2.48. The Labute approximate surface area is 83.4 Å². The van der Waals surface area contributed by atoms with Gasteiger partial charge in [0.2, 0.25) is 12.6 Å². The molecule has 2 unspecified atom stereocenters. The topological polar surface area (TPSA) is 54.4 Å². The summed E-state index contributed by atoms with van der Waals surface area (Å²) < 4.78 is 11.2. The van der Waals surface area contributed by atoms with E-state index >= 15 is 0 Å². The van der Waals surface area contributed by atoms with Crippen molar-refractivity contribution in [2.45, 2.75) is 25.9 Å². The van der Waals surface area contributed by atoms with Crippen LogP contribution in [0.2, 0.25) is 0 Å². The molecule has 0 aromatic heterocycles. The summed E-state index contributed by atoms with van der Waals surface area (Å²) in [6, 6.07) is 0. The van der Waals surface area contributed by atoms with Crippen molar-refractivity contribution in [1.29, 1.82) is 0 Å². The van der Waals surface area contributed by atoms with Crippen LogP contribution in [0.5, 0.6) is 0 Å². The van der Waals surface area contributed by atoms with Crippen molar-refractivity contribution >= 4 is 36.6 Å². The third-order valence-corrected chi connectivity index (χ3v) is 4.22. The first-order valence-electron chi connectivity index (χ1n) is 3.40. The predicted molar refractivity (Wildman–Crippen MR) is 52.6 cm³/mol. The van der Waals surface area contributed by atoms with Gasteiger partial charge in [-0.1, -0.05) is 13.8 Å². The van der Waals surface area contributed by atoms with Gasteiger partial charge in [-0.25, -0.2) is 0 Å². The van der Waals surface area contributed by atoms with Crippen molar-refractivity contribution in [3.63, 3.8) is 0 Å². The Balaban J connectivity index is 0. The molecular weight excluding hydrogens is 222 g/mol. The summed E-state index contributed by atoms with van der Waals surface area (Å²) in [6.07, 6.45) is 0.168. The van der Waals surface area contributed by atoms with Crippen molar-refractivity contribution in [3.8, 4) is 0 Å². The Hall–Kier alpha value is 0.440. The van der Waals surface area contributed by atoms with Gasteiger partial charge < -0.3 is 4.89 Å². The fraction of sp³-hybridized carbons (Fsp3) is 0.833. The lowest BCUT2D eigenvalue weighted by atomic mass is 10.4. The van der Waals surface area contributed by atoms with Gasteiger partial charge in [-0.2, -0.15) is 0 Å². The summed E-state index contributed by atoms with van der Waals surface area (Å²) in [4.78, 5) is 19.5. The van der Waals surface area contributed by atoms with E-state index in [-0.39, 0.29) is 25.0 Å². The highest BCUT2D eigenvalue weighted by Crippen LogP contribution is 2.46. The molecule has 0 aromatic rings. The van der Waals surface area contributed by atoms with Crippen LogP contribution in [-0.2, 0) is 9.36 Å². The molecule has 2 atom stereocenters. The van der Waals surface area contributed by atoms with Crippen molar-refractivity contribution in [2.75, 3.05) is 6.16 Å². The molecule has 0 amide bonds. The standard InChI is InChI=1S/C6H12ClO3P.ClH/c1-3-11(9,10)5(2)4-6(7)8;/h5H,3-4H2,1-2H3,(H,9,10);1H. The van der Waals surface area contributed by atoms with Gasteiger partial charge in [0.15, 0.2) is 0 Å². The first kappa shape index (κ1) is 14.9. The molecule has 0 rings (SSSR count). The minimum Gasteiger partial charge on any atom is -0.344 e. The summed E-state index contributed by atoms with van der Waals surface area (Å²) in [7, 11) is -3.12. The highest BCUT2D eigenvalue weighted by Gasteiger charge is 2.25. The summed E-state index contributed by atoms with van der Waals surface area (Å²) in [5, 5.41) is -0.555. The highest BCUT2D eigenvalue weighted by molar-refractivity contribution is 7.58. The Kier molecular flexibility index (Phi) is 7.44. The summed E-state index contributed by atoms with van der Waals surface area (Å²) in [6.45, 7) is 3.18. The van der Waals surface area contributed by atoms with E-state index in [0.717, 1.165) is 0 Å². The number of carbonyl (C=O) groups excluding carboxylic acids is 1. The van der Waals surface area contributed by atoms with Gasteiger partial charge in [-0.05, 0) is 11.6 Å². The van der Waals surface area contributed by atoms with Crippen LogP contribution in [0, 0.1) is 0 Å². The van der Waals surface area contributed by atoms with Gasteiger partial charge in [0, 0.05) is 18.2 Å². The molecule has 74 valence electrons. The predicted octanol–water partition coefficient (Wildman–Crippen LogP) is 2.24. The smallest absolute Gasteiger partial charge is 0.222 e. The fourth-order valence-corrected chi connectivity index (χ4v) is 2.10. The first-order chi connectivity index (χ1) is 4.90. The van der Waals surface area contributed by atoms with Crippen molar-refractivity contribution in [3.05, 3.63) is 0 Å². The Bertz CT molecular complexity index is 195. The Morgan fingerprint density at radius 2 is 2.08 bits per heavy atom. The Morgan fingerprint density at radius 3 is 2.33 bits per heavy atom. The second kappa shape index (κ2) is 5.98. The molecule has 1 N–H and O–H groups in total. The minimum atomic E-state index is -3.12. The molecule has 0 aromatic carbocycles. The van der Waals surface area contributed by atoms with Gasteiger partial charge in [0.25, 0.3) is 0 Å². The number of rotatable bonds is 4. The Morgan fingerprint density at radius 1 is 1.67 bits per heavy atom. The molecule has 0 aliphatic carbocycles. The van der Waals surface area contributed by atoms with E-state index in [9.17, 15) is 14.3 Å². The molecule has 0 fully saturated rings. The number of carbonyl (C=O) groups is 1. The lowest BCUT2D eigenvalue weighted by Gasteiger charge is -2.15. The normalized spacial score (nSPS) is 17.3. The molecule has 0 saturated heterocycles. The van der Waals surface area contributed by atoms with E-state index in [4.69, 9.17) is 11.6 Å². The van der Waals surface area contributed by atoms with Crippen LogP contribution in [0.3, 0.4) is 0 Å². The van der Waals surface area contributed by atoms with Gasteiger partial charge >= 0.3 is 0 Å². The summed E-state index contributed by atoms with van der Waals surface area (Å²) >= 11 is 5.06. The van der Waals surface area contributed by atoms with Gasteiger partial charge in [-0.3, -0.25) is 9.36 Å². The summed E-state index contributed by atoms with van der Waals surface area (Å²) in [5.74, 6) is 0. The highest BCUT2D eigenvalue weighted by atomic mass is 35.5. The SMILES string of the molecule is CCP(=O)(O)C(C)CC(=O)Cl.Cl. The van der Waals surface area contributed by atoms with Crippen LogP contribution in [0.25, 0.3) is 0 Å².